The molecule has 17 heavy (non-hydrogen) atoms. The summed E-state index contributed by atoms with van der Waals surface area (Å²) in [4.78, 5) is 32.4. The third kappa shape index (κ3) is 5.64. The molecule has 1 saturated heterocycles. The average Bonchev–Trinajstić information content (AvgIpc) is 2.27. The standard InChI is InChI=1S/C9H13N3O5/c13-7(1-2-8(14)15)10-9(16)11-12-3-5-17-6-4-12/h1-2H,3-6H2,(H,14,15)(H2,10,11,13,16)/b2-1+. The monoisotopic (exact) mass is 243 g/mol. The smallest absolute Gasteiger partial charge is 0.336 e. The van der Waals surface area contributed by atoms with Crippen molar-refractivity contribution in [3.63, 3.8) is 0 Å². The average molecular weight is 243 g/mol. The van der Waals surface area contributed by atoms with E-state index < -0.39 is 17.9 Å². The second kappa shape index (κ2) is 6.61. The van der Waals surface area contributed by atoms with Crippen molar-refractivity contribution in [1.29, 1.82) is 0 Å². The van der Waals surface area contributed by atoms with E-state index in [1.165, 1.54) is 0 Å². The molecule has 8 heteroatoms. The van der Waals surface area contributed by atoms with Gasteiger partial charge in [0.25, 0.3) is 5.91 Å². The molecule has 0 aromatic rings. The van der Waals surface area contributed by atoms with Gasteiger partial charge in [0.1, 0.15) is 0 Å². The van der Waals surface area contributed by atoms with Crippen molar-refractivity contribution in [2.24, 2.45) is 0 Å². The van der Waals surface area contributed by atoms with E-state index in [2.05, 4.69) is 5.43 Å². The fourth-order valence-corrected chi connectivity index (χ4v) is 1.15. The summed E-state index contributed by atoms with van der Waals surface area (Å²) in [6.45, 7) is 2.08. The van der Waals surface area contributed by atoms with Gasteiger partial charge in [-0.25, -0.2) is 14.6 Å². The van der Waals surface area contributed by atoms with Gasteiger partial charge in [-0.05, 0) is 0 Å². The molecule has 0 bridgehead atoms. The van der Waals surface area contributed by atoms with Crippen LogP contribution in [0.5, 0.6) is 0 Å². The fourth-order valence-electron chi connectivity index (χ4n) is 1.15. The first-order valence-electron chi connectivity index (χ1n) is 4.93. The number of hydrogen-bond acceptors (Lipinski definition) is 5. The lowest BCUT2D eigenvalue weighted by Crippen LogP contribution is -2.52. The Morgan fingerprint density at radius 2 is 1.82 bits per heavy atom. The van der Waals surface area contributed by atoms with Crippen LogP contribution in [-0.2, 0) is 14.3 Å². The van der Waals surface area contributed by atoms with Crippen LogP contribution in [0.3, 0.4) is 0 Å². The first kappa shape index (κ1) is 13.1. The molecule has 1 aliphatic heterocycles. The van der Waals surface area contributed by atoms with E-state index in [0.717, 1.165) is 6.08 Å². The molecule has 0 aromatic heterocycles. The van der Waals surface area contributed by atoms with Crippen LogP contribution in [0.1, 0.15) is 0 Å². The van der Waals surface area contributed by atoms with Gasteiger partial charge >= 0.3 is 12.0 Å². The molecule has 0 saturated carbocycles. The Morgan fingerprint density at radius 3 is 2.41 bits per heavy atom. The molecule has 1 rings (SSSR count). The number of urea groups is 1. The quantitative estimate of drug-likeness (QED) is 0.532. The van der Waals surface area contributed by atoms with Crippen molar-refractivity contribution in [3.05, 3.63) is 12.2 Å². The Hall–Kier alpha value is -1.93. The van der Waals surface area contributed by atoms with Gasteiger partial charge in [0.05, 0.1) is 13.2 Å². The van der Waals surface area contributed by atoms with Gasteiger partial charge in [-0.2, -0.15) is 0 Å². The Bertz CT molecular complexity index is 336. The number of aliphatic carboxylic acids is 1. The zero-order valence-electron chi connectivity index (χ0n) is 9.01. The van der Waals surface area contributed by atoms with Crippen LogP contribution in [0.15, 0.2) is 12.2 Å². The number of carbonyl (C=O) groups excluding carboxylic acids is 2. The van der Waals surface area contributed by atoms with Crippen molar-refractivity contribution >= 4 is 17.9 Å². The molecular formula is C9H13N3O5. The first-order chi connectivity index (χ1) is 8.08. The van der Waals surface area contributed by atoms with Gasteiger partial charge in [0.15, 0.2) is 0 Å². The van der Waals surface area contributed by atoms with Crippen molar-refractivity contribution in [2.45, 2.75) is 0 Å². The molecule has 0 aliphatic carbocycles. The largest absolute Gasteiger partial charge is 0.478 e. The Labute approximate surface area is 97.2 Å². The van der Waals surface area contributed by atoms with E-state index >= 15 is 0 Å². The van der Waals surface area contributed by atoms with Gasteiger partial charge in [-0.3, -0.25) is 15.5 Å². The summed E-state index contributed by atoms with van der Waals surface area (Å²) < 4.78 is 5.07. The van der Waals surface area contributed by atoms with Gasteiger partial charge in [0.2, 0.25) is 0 Å². The van der Waals surface area contributed by atoms with Crippen LogP contribution in [0.4, 0.5) is 4.79 Å². The number of rotatable bonds is 3. The van der Waals surface area contributed by atoms with Crippen LogP contribution in [-0.4, -0.2) is 54.3 Å². The van der Waals surface area contributed by atoms with Gasteiger partial charge in [-0.1, -0.05) is 0 Å². The zero-order valence-corrected chi connectivity index (χ0v) is 9.01. The van der Waals surface area contributed by atoms with Crippen LogP contribution >= 0.6 is 0 Å². The topological polar surface area (TPSA) is 108 Å². The molecule has 3 amide bonds. The lowest BCUT2D eigenvalue weighted by molar-refractivity contribution is -0.131. The second-order valence-electron chi connectivity index (χ2n) is 3.20. The summed E-state index contributed by atoms with van der Waals surface area (Å²) >= 11 is 0. The van der Waals surface area contributed by atoms with E-state index in [9.17, 15) is 14.4 Å². The highest BCUT2D eigenvalue weighted by Crippen LogP contribution is 1.91. The minimum Gasteiger partial charge on any atom is -0.478 e. The molecule has 0 aromatic carbocycles. The summed E-state index contributed by atoms with van der Waals surface area (Å²) in [6, 6.07) is -0.702. The van der Waals surface area contributed by atoms with Gasteiger partial charge in [-0.15, -0.1) is 0 Å². The third-order valence-electron chi connectivity index (χ3n) is 1.88. The molecule has 0 unspecified atom stereocenters. The number of morpholine rings is 1. The number of hydrogen-bond donors (Lipinski definition) is 3. The number of amides is 3. The third-order valence-corrected chi connectivity index (χ3v) is 1.88. The Kier molecular flexibility index (Phi) is 5.11. The van der Waals surface area contributed by atoms with Crippen molar-refractivity contribution in [3.8, 4) is 0 Å². The van der Waals surface area contributed by atoms with Crippen molar-refractivity contribution in [2.75, 3.05) is 26.3 Å². The second-order valence-corrected chi connectivity index (χ2v) is 3.20. The lowest BCUT2D eigenvalue weighted by atomic mass is 10.5. The maximum absolute atomic E-state index is 11.3. The minimum absolute atomic E-state index is 0.507. The van der Waals surface area contributed by atoms with E-state index in [4.69, 9.17) is 9.84 Å². The maximum atomic E-state index is 11.3. The predicted molar refractivity (Wildman–Crippen MR) is 55.8 cm³/mol. The lowest BCUT2D eigenvalue weighted by Gasteiger charge is -2.26. The molecule has 8 nitrogen and oxygen atoms in total. The molecular weight excluding hydrogens is 230 g/mol. The molecule has 0 radical (unpaired) electrons. The Balaban J connectivity index is 2.28. The number of carboxylic acids is 1. The van der Waals surface area contributed by atoms with Crippen LogP contribution < -0.4 is 10.7 Å². The number of nitrogens with zero attached hydrogens (tertiary/aromatic N) is 1. The highest BCUT2D eigenvalue weighted by atomic mass is 16.5. The van der Waals surface area contributed by atoms with Crippen LogP contribution in [0.25, 0.3) is 0 Å². The van der Waals surface area contributed by atoms with E-state index in [1.54, 1.807) is 5.01 Å². The molecule has 94 valence electrons. The molecule has 1 heterocycles. The van der Waals surface area contributed by atoms with Crippen LogP contribution in [0.2, 0.25) is 0 Å². The maximum Gasteiger partial charge on any atom is 0.336 e. The van der Waals surface area contributed by atoms with Gasteiger partial charge in [0, 0.05) is 25.2 Å². The number of ether oxygens (including phenoxy) is 1. The summed E-state index contributed by atoms with van der Waals surface area (Å²) in [5.74, 6) is -2.05. The predicted octanol–water partition coefficient (Wildman–Crippen LogP) is -1.30. The van der Waals surface area contributed by atoms with E-state index in [-0.39, 0.29) is 0 Å². The normalized spacial score (nSPS) is 16.7. The number of hydrazine groups is 1. The number of carbonyl (C=O) groups is 3. The highest BCUT2D eigenvalue weighted by molar-refractivity contribution is 6.02. The van der Waals surface area contributed by atoms with E-state index in [1.807, 2.05) is 5.32 Å². The summed E-state index contributed by atoms with van der Waals surface area (Å²) in [5.41, 5.74) is 2.44. The van der Waals surface area contributed by atoms with Crippen molar-refractivity contribution < 1.29 is 24.2 Å². The number of carboxylic acid groups (broad SMARTS) is 1. The molecule has 3 N–H and O–H groups in total. The van der Waals surface area contributed by atoms with Gasteiger partial charge < -0.3 is 9.84 Å². The number of nitrogens with one attached hydrogen (secondary N) is 2. The van der Waals surface area contributed by atoms with Crippen LogP contribution in [0, 0.1) is 0 Å². The summed E-state index contributed by atoms with van der Waals surface area (Å²) in [5, 5.41) is 11.8. The SMILES string of the molecule is O=C(O)/C=C/C(=O)NC(=O)NN1CCOCC1. The Morgan fingerprint density at radius 1 is 1.18 bits per heavy atom. The minimum atomic E-state index is -1.26. The number of imide groups is 1. The highest BCUT2D eigenvalue weighted by Gasteiger charge is 2.13. The zero-order chi connectivity index (χ0) is 12.7. The molecule has 0 atom stereocenters. The summed E-state index contributed by atoms with van der Waals surface area (Å²) in [6.07, 6.45) is 1.42. The van der Waals surface area contributed by atoms with Crippen molar-refractivity contribution in [1.82, 2.24) is 15.8 Å². The molecule has 0 spiro atoms. The van der Waals surface area contributed by atoms with E-state index in [0.29, 0.717) is 32.4 Å². The first-order valence-corrected chi connectivity index (χ1v) is 4.93. The molecule has 1 fully saturated rings. The molecule has 1 aliphatic rings. The summed E-state index contributed by atoms with van der Waals surface area (Å²) in [7, 11) is 0. The fraction of sp³-hybridized carbons (Fsp3) is 0.444.